The molecular formula is C27H24Cl2N4O5S. The summed E-state index contributed by atoms with van der Waals surface area (Å²) in [4.78, 5) is 25.1. The van der Waals surface area contributed by atoms with Crippen LogP contribution in [0.5, 0.6) is 5.75 Å². The number of carbonyl (C=O) groups is 2. The minimum Gasteiger partial charge on any atom is -0.483 e. The Hall–Kier alpha value is -3.86. The molecule has 3 N–H and O–H groups in total. The van der Waals surface area contributed by atoms with Gasteiger partial charge in [-0.1, -0.05) is 41.4 Å². The van der Waals surface area contributed by atoms with E-state index in [1.165, 1.54) is 6.21 Å². The Morgan fingerprint density at radius 1 is 1.18 bits per heavy atom. The summed E-state index contributed by atoms with van der Waals surface area (Å²) in [7, 11) is 0. The van der Waals surface area contributed by atoms with Gasteiger partial charge < -0.3 is 24.5 Å². The third-order valence-electron chi connectivity index (χ3n) is 5.55. The lowest BCUT2D eigenvalue weighted by Crippen LogP contribution is -2.45. The van der Waals surface area contributed by atoms with Gasteiger partial charge >= 0.3 is 5.97 Å². The van der Waals surface area contributed by atoms with Gasteiger partial charge in [-0.05, 0) is 62.5 Å². The zero-order chi connectivity index (χ0) is 27.9. The van der Waals surface area contributed by atoms with Gasteiger partial charge in [0.15, 0.2) is 11.7 Å². The highest BCUT2D eigenvalue weighted by atomic mass is 35.5. The first kappa shape index (κ1) is 28.2. The molecule has 1 amide bonds. The van der Waals surface area contributed by atoms with E-state index >= 15 is 0 Å². The topological polar surface area (TPSA) is 114 Å². The molecule has 202 valence electrons. The molecule has 0 saturated carbocycles. The predicted molar refractivity (Wildman–Crippen MR) is 153 cm³/mol. The number of amides is 1. The standard InChI is InChI=1S/C27H24Cl2N4O5S/c1-3-36-26(35)24-15(2)31-27(39)32-25(24)18-6-4-5-7-21(18)37-14-23(34)33-30-13-17-9-11-22(38-17)19-12-16(28)8-10-20(19)29/h4-13,25H,3,14H2,1-2H3,(H,33,34)(H2,31,32,39)/t25-/m1/s1. The van der Waals surface area contributed by atoms with E-state index in [4.69, 9.17) is 49.3 Å². The number of carbonyl (C=O) groups excluding carboxylic acids is 2. The normalized spacial score (nSPS) is 15.1. The van der Waals surface area contributed by atoms with E-state index in [-0.39, 0.29) is 13.2 Å². The Kier molecular flexibility index (Phi) is 9.23. The quantitative estimate of drug-likeness (QED) is 0.137. The average molecular weight is 587 g/mol. The van der Waals surface area contributed by atoms with E-state index in [0.29, 0.717) is 54.8 Å². The number of benzene rings is 2. The lowest BCUT2D eigenvalue weighted by atomic mass is 9.95. The minimum atomic E-state index is -0.628. The second-order valence-electron chi connectivity index (χ2n) is 8.24. The minimum absolute atomic E-state index is 0.222. The molecule has 12 heteroatoms. The molecule has 2 heterocycles. The van der Waals surface area contributed by atoms with Gasteiger partial charge in [0.2, 0.25) is 0 Å². The van der Waals surface area contributed by atoms with Crippen molar-refractivity contribution >= 4 is 58.6 Å². The van der Waals surface area contributed by atoms with Crippen LogP contribution in [-0.4, -0.2) is 36.4 Å². The van der Waals surface area contributed by atoms with Gasteiger partial charge in [-0.25, -0.2) is 10.2 Å². The molecule has 2 aromatic carbocycles. The Morgan fingerprint density at radius 3 is 2.77 bits per heavy atom. The Balaban J connectivity index is 1.41. The third kappa shape index (κ3) is 6.97. The van der Waals surface area contributed by atoms with Crippen molar-refractivity contribution < 1.29 is 23.5 Å². The van der Waals surface area contributed by atoms with Gasteiger partial charge in [-0.3, -0.25) is 4.79 Å². The van der Waals surface area contributed by atoms with Crippen molar-refractivity contribution in [1.29, 1.82) is 0 Å². The summed E-state index contributed by atoms with van der Waals surface area (Å²) >= 11 is 17.6. The molecule has 4 rings (SSSR count). The molecule has 9 nitrogen and oxygen atoms in total. The lowest BCUT2D eigenvalue weighted by molar-refractivity contribution is -0.139. The zero-order valence-corrected chi connectivity index (χ0v) is 23.2. The highest BCUT2D eigenvalue weighted by Crippen LogP contribution is 2.34. The number of esters is 1. The van der Waals surface area contributed by atoms with Crippen molar-refractivity contribution in [2.45, 2.75) is 19.9 Å². The molecule has 1 aliphatic rings. The highest BCUT2D eigenvalue weighted by molar-refractivity contribution is 7.80. The van der Waals surface area contributed by atoms with Gasteiger partial charge in [-0.2, -0.15) is 5.10 Å². The molecule has 0 unspecified atom stereocenters. The van der Waals surface area contributed by atoms with Crippen LogP contribution in [0.4, 0.5) is 0 Å². The van der Waals surface area contributed by atoms with Crippen molar-refractivity contribution in [3.05, 3.63) is 87.2 Å². The van der Waals surface area contributed by atoms with Crippen LogP contribution in [0.25, 0.3) is 11.3 Å². The van der Waals surface area contributed by atoms with Crippen LogP contribution in [-0.2, 0) is 14.3 Å². The summed E-state index contributed by atoms with van der Waals surface area (Å²) in [6.07, 6.45) is 1.35. The number of thiocarbonyl (C=S) groups is 1. The predicted octanol–water partition coefficient (Wildman–Crippen LogP) is 5.14. The maximum atomic E-state index is 12.7. The Bertz CT molecular complexity index is 1470. The summed E-state index contributed by atoms with van der Waals surface area (Å²) < 4.78 is 16.7. The first-order valence-electron chi connectivity index (χ1n) is 11.8. The lowest BCUT2D eigenvalue weighted by Gasteiger charge is -2.30. The number of halogens is 2. The molecule has 1 aromatic heterocycles. The van der Waals surface area contributed by atoms with Crippen LogP contribution in [0.3, 0.4) is 0 Å². The number of rotatable bonds is 9. The van der Waals surface area contributed by atoms with Crippen molar-refractivity contribution in [2.24, 2.45) is 5.10 Å². The Labute approximate surface area is 240 Å². The fraction of sp³-hybridized carbons (Fsp3) is 0.185. The number of hydrazone groups is 1. The Morgan fingerprint density at radius 2 is 1.97 bits per heavy atom. The van der Waals surface area contributed by atoms with E-state index in [2.05, 4.69) is 21.2 Å². The van der Waals surface area contributed by atoms with Crippen LogP contribution < -0.4 is 20.8 Å². The summed E-state index contributed by atoms with van der Waals surface area (Å²) in [5.74, 6) is 0.310. The number of allylic oxidation sites excluding steroid dienone is 1. The van der Waals surface area contributed by atoms with Crippen LogP contribution >= 0.6 is 35.4 Å². The van der Waals surface area contributed by atoms with Crippen LogP contribution in [0.15, 0.2) is 75.4 Å². The number of furan rings is 1. The molecule has 1 atom stereocenters. The first-order chi connectivity index (χ1) is 18.8. The molecule has 0 radical (unpaired) electrons. The summed E-state index contributed by atoms with van der Waals surface area (Å²) in [5, 5.41) is 11.3. The number of hydrogen-bond acceptors (Lipinski definition) is 7. The number of nitrogens with one attached hydrogen (secondary N) is 3. The largest absolute Gasteiger partial charge is 0.483 e. The average Bonchev–Trinajstić information content (AvgIpc) is 3.37. The monoisotopic (exact) mass is 586 g/mol. The molecule has 39 heavy (non-hydrogen) atoms. The molecule has 0 spiro atoms. The molecule has 0 aliphatic carbocycles. The third-order valence-corrected chi connectivity index (χ3v) is 6.34. The van der Waals surface area contributed by atoms with Gasteiger partial charge in [0.05, 0.1) is 29.5 Å². The van der Waals surface area contributed by atoms with E-state index in [0.717, 1.165) is 0 Å². The van der Waals surface area contributed by atoms with Crippen molar-refractivity contribution in [1.82, 2.24) is 16.1 Å². The molecule has 0 bridgehead atoms. The van der Waals surface area contributed by atoms with Gasteiger partial charge in [0, 0.05) is 21.8 Å². The van der Waals surface area contributed by atoms with Crippen molar-refractivity contribution in [3.8, 4) is 17.1 Å². The molecular weight excluding hydrogens is 563 g/mol. The second kappa shape index (κ2) is 12.8. The van der Waals surface area contributed by atoms with Gasteiger partial charge in [0.1, 0.15) is 17.3 Å². The fourth-order valence-corrected chi connectivity index (χ4v) is 4.51. The molecule has 1 aliphatic heterocycles. The molecule has 0 saturated heterocycles. The van der Waals surface area contributed by atoms with E-state index < -0.39 is 17.9 Å². The van der Waals surface area contributed by atoms with Gasteiger partial charge in [0.25, 0.3) is 5.91 Å². The van der Waals surface area contributed by atoms with Crippen LogP contribution in [0, 0.1) is 0 Å². The van der Waals surface area contributed by atoms with Gasteiger partial charge in [-0.15, -0.1) is 0 Å². The van der Waals surface area contributed by atoms with Crippen molar-refractivity contribution in [3.63, 3.8) is 0 Å². The van der Waals surface area contributed by atoms with Crippen LogP contribution in [0.2, 0.25) is 10.0 Å². The highest BCUT2D eigenvalue weighted by Gasteiger charge is 2.32. The maximum absolute atomic E-state index is 12.7. The molecule has 0 fully saturated rings. The maximum Gasteiger partial charge on any atom is 0.338 e. The number of ether oxygens (including phenoxy) is 2. The second-order valence-corrected chi connectivity index (χ2v) is 9.49. The van der Waals surface area contributed by atoms with E-state index in [9.17, 15) is 9.59 Å². The van der Waals surface area contributed by atoms with E-state index in [1.807, 2.05) is 0 Å². The van der Waals surface area contributed by atoms with Crippen molar-refractivity contribution in [2.75, 3.05) is 13.2 Å². The zero-order valence-electron chi connectivity index (χ0n) is 20.9. The fourth-order valence-electron chi connectivity index (χ4n) is 3.85. The van der Waals surface area contributed by atoms with E-state index in [1.54, 1.807) is 68.4 Å². The number of hydrogen-bond donors (Lipinski definition) is 3. The smallest absolute Gasteiger partial charge is 0.338 e. The summed E-state index contributed by atoms with van der Waals surface area (Å²) in [6.45, 7) is 3.36. The summed E-state index contributed by atoms with van der Waals surface area (Å²) in [5.41, 5.74) is 4.59. The number of para-hydroxylation sites is 1. The number of nitrogens with zero attached hydrogens (tertiary/aromatic N) is 1. The van der Waals surface area contributed by atoms with Crippen LogP contribution in [0.1, 0.15) is 31.2 Å². The molecule has 3 aromatic rings. The SMILES string of the molecule is CCOC(=O)C1=C(C)NC(=S)N[C@@H]1c1ccccc1OCC(=O)NN=Cc1ccc(-c2cc(Cl)ccc2Cl)o1. The summed E-state index contributed by atoms with van der Waals surface area (Å²) in [6, 6.07) is 14.9. The first-order valence-corrected chi connectivity index (χ1v) is 13.0.